The maximum atomic E-state index is 12.2. The van der Waals surface area contributed by atoms with Gasteiger partial charge in [0.05, 0.1) is 27.5 Å². The molecule has 0 radical (unpaired) electrons. The zero-order valence-electron chi connectivity index (χ0n) is 16.2. The molecule has 2 aromatic carbocycles. The predicted molar refractivity (Wildman–Crippen MR) is 106 cm³/mol. The van der Waals surface area contributed by atoms with Crippen molar-refractivity contribution in [3.63, 3.8) is 0 Å². The summed E-state index contributed by atoms with van der Waals surface area (Å²) in [5, 5.41) is 7.13. The summed E-state index contributed by atoms with van der Waals surface area (Å²) in [5.74, 6) is 1.27. The number of hydrogen-bond donors (Lipinski definition) is 2. The van der Waals surface area contributed by atoms with Crippen LogP contribution in [0.25, 0.3) is 0 Å². The molecule has 0 aliphatic carbocycles. The van der Waals surface area contributed by atoms with Crippen molar-refractivity contribution in [2.24, 2.45) is 5.10 Å². The molecule has 1 unspecified atom stereocenters. The van der Waals surface area contributed by atoms with E-state index in [1.807, 2.05) is 31.2 Å². The van der Waals surface area contributed by atoms with Crippen LogP contribution in [0.1, 0.15) is 18.1 Å². The van der Waals surface area contributed by atoms with Gasteiger partial charge in [0.15, 0.2) is 11.5 Å². The third kappa shape index (κ3) is 5.37. The van der Waals surface area contributed by atoms with Gasteiger partial charge in [-0.05, 0) is 38.1 Å². The van der Waals surface area contributed by atoms with E-state index in [2.05, 4.69) is 15.8 Å². The number of methoxy groups -OCH3 is 3. The average Bonchev–Trinajstić information content (AvgIpc) is 2.68. The Labute approximate surface area is 159 Å². The molecule has 2 N–H and O–H groups in total. The maximum absolute atomic E-state index is 12.2. The Bertz CT molecular complexity index is 778. The fourth-order valence-electron chi connectivity index (χ4n) is 2.41. The first-order valence-corrected chi connectivity index (χ1v) is 8.44. The van der Waals surface area contributed by atoms with Crippen LogP contribution in [0.4, 0.5) is 5.69 Å². The summed E-state index contributed by atoms with van der Waals surface area (Å²) in [4.78, 5) is 12.2. The second-order valence-corrected chi connectivity index (χ2v) is 5.92. The highest BCUT2D eigenvalue weighted by Gasteiger charge is 2.13. The minimum atomic E-state index is -0.440. The van der Waals surface area contributed by atoms with Gasteiger partial charge in [0.2, 0.25) is 5.75 Å². The van der Waals surface area contributed by atoms with E-state index >= 15 is 0 Å². The lowest BCUT2D eigenvalue weighted by molar-refractivity contribution is -0.121. The Balaban J connectivity index is 2.01. The summed E-state index contributed by atoms with van der Waals surface area (Å²) in [6.45, 7) is 3.78. The van der Waals surface area contributed by atoms with Crippen molar-refractivity contribution < 1.29 is 19.0 Å². The normalized spacial score (nSPS) is 11.7. The van der Waals surface area contributed by atoms with Gasteiger partial charge in [0, 0.05) is 11.3 Å². The standard InChI is InChI=1S/C20H25N3O4/c1-13-6-8-16(9-7-13)22-14(2)20(24)23-21-12-15-10-17(25-3)19(27-5)18(11-15)26-4/h6-12,14,22H,1-5H3,(H,23,24). The molecule has 0 spiro atoms. The van der Waals surface area contributed by atoms with E-state index < -0.39 is 6.04 Å². The number of nitrogens with zero attached hydrogens (tertiary/aromatic N) is 1. The fourth-order valence-corrected chi connectivity index (χ4v) is 2.41. The Hall–Kier alpha value is -3.22. The largest absolute Gasteiger partial charge is 0.493 e. The number of ether oxygens (including phenoxy) is 3. The van der Waals surface area contributed by atoms with Crippen molar-refractivity contribution in [1.29, 1.82) is 0 Å². The Morgan fingerprint density at radius 3 is 2.15 bits per heavy atom. The van der Waals surface area contributed by atoms with Crippen molar-refractivity contribution in [3.8, 4) is 17.2 Å². The van der Waals surface area contributed by atoms with Crippen molar-refractivity contribution in [2.75, 3.05) is 26.6 Å². The lowest BCUT2D eigenvalue weighted by atomic mass is 10.2. The highest BCUT2D eigenvalue weighted by Crippen LogP contribution is 2.37. The number of benzene rings is 2. The van der Waals surface area contributed by atoms with Gasteiger partial charge in [-0.3, -0.25) is 4.79 Å². The smallest absolute Gasteiger partial charge is 0.262 e. The van der Waals surface area contributed by atoms with Crippen LogP contribution >= 0.6 is 0 Å². The molecule has 0 aliphatic heterocycles. The molecule has 7 nitrogen and oxygen atoms in total. The van der Waals surface area contributed by atoms with E-state index in [1.165, 1.54) is 13.3 Å². The van der Waals surface area contributed by atoms with Crippen LogP contribution in [0.2, 0.25) is 0 Å². The maximum Gasteiger partial charge on any atom is 0.262 e. The summed E-state index contributed by atoms with van der Waals surface area (Å²) < 4.78 is 15.9. The van der Waals surface area contributed by atoms with Crippen LogP contribution < -0.4 is 25.0 Å². The lowest BCUT2D eigenvalue weighted by Crippen LogP contribution is -2.34. The van der Waals surface area contributed by atoms with Crippen molar-refractivity contribution in [2.45, 2.75) is 19.9 Å². The van der Waals surface area contributed by atoms with Crippen LogP contribution in [0.3, 0.4) is 0 Å². The van der Waals surface area contributed by atoms with Crippen molar-refractivity contribution in [3.05, 3.63) is 47.5 Å². The van der Waals surface area contributed by atoms with Crippen LogP contribution in [0.5, 0.6) is 17.2 Å². The number of hydrazone groups is 1. The third-order valence-corrected chi connectivity index (χ3v) is 3.90. The third-order valence-electron chi connectivity index (χ3n) is 3.90. The molecular formula is C20H25N3O4. The second kappa shape index (κ2) is 9.47. The summed E-state index contributed by atoms with van der Waals surface area (Å²) in [5.41, 5.74) is 5.25. The number of carbonyl (C=O) groups excluding carboxylic acids is 1. The molecule has 0 heterocycles. The zero-order chi connectivity index (χ0) is 19.8. The quantitative estimate of drug-likeness (QED) is 0.551. The number of rotatable bonds is 8. The molecule has 2 aromatic rings. The molecular weight excluding hydrogens is 346 g/mol. The zero-order valence-corrected chi connectivity index (χ0v) is 16.2. The molecule has 0 saturated carbocycles. The lowest BCUT2D eigenvalue weighted by Gasteiger charge is -2.14. The summed E-state index contributed by atoms with van der Waals surface area (Å²) in [6, 6.07) is 10.9. The number of anilines is 1. The number of carbonyl (C=O) groups is 1. The Morgan fingerprint density at radius 1 is 1.04 bits per heavy atom. The van der Waals surface area contributed by atoms with E-state index in [9.17, 15) is 4.79 Å². The molecule has 1 amide bonds. The van der Waals surface area contributed by atoms with Crippen LogP contribution in [0.15, 0.2) is 41.5 Å². The summed E-state index contributed by atoms with van der Waals surface area (Å²) >= 11 is 0. The first kappa shape index (κ1) is 20.1. The highest BCUT2D eigenvalue weighted by atomic mass is 16.5. The van der Waals surface area contributed by atoms with E-state index in [1.54, 1.807) is 33.3 Å². The van der Waals surface area contributed by atoms with E-state index in [0.29, 0.717) is 22.8 Å². The van der Waals surface area contributed by atoms with Gasteiger partial charge >= 0.3 is 0 Å². The van der Waals surface area contributed by atoms with Gasteiger partial charge < -0.3 is 19.5 Å². The van der Waals surface area contributed by atoms with Crippen molar-refractivity contribution >= 4 is 17.8 Å². The molecule has 0 saturated heterocycles. The number of nitrogens with one attached hydrogen (secondary N) is 2. The van der Waals surface area contributed by atoms with E-state index in [-0.39, 0.29) is 5.91 Å². The van der Waals surface area contributed by atoms with Crippen LogP contribution in [-0.4, -0.2) is 39.5 Å². The summed E-state index contributed by atoms with van der Waals surface area (Å²) in [7, 11) is 4.62. The van der Waals surface area contributed by atoms with Gasteiger partial charge in [0.25, 0.3) is 5.91 Å². The summed E-state index contributed by atoms with van der Waals surface area (Å²) in [6.07, 6.45) is 1.51. The molecule has 0 aromatic heterocycles. The first-order chi connectivity index (χ1) is 13.0. The van der Waals surface area contributed by atoms with E-state index in [4.69, 9.17) is 14.2 Å². The number of aryl methyl sites for hydroxylation is 1. The molecule has 27 heavy (non-hydrogen) atoms. The minimum Gasteiger partial charge on any atom is -0.493 e. The van der Waals surface area contributed by atoms with Crippen LogP contribution in [-0.2, 0) is 4.79 Å². The molecule has 2 rings (SSSR count). The minimum absolute atomic E-state index is 0.251. The van der Waals surface area contributed by atoms with Gasteiger partial charge in [0.1, 0.15) is 6.04 Å². The highest BCUT2D eigenvalue weighted by molar-refractivity contribution is 5.87. The molecule has 0 bridgehead atoms. The first-order valence-electron chi connectivity index (χ1n) is 8.44. The fraction of sp³-hybridized carbons (Fsp3) is 0.300. The predicted octanol–water partition coefficient (Wildman–Crippen LogP) is 2.97. The number of amides is 1. The van der Waals surface area contributed by atoms with Gasteiger partial charge in [-0.25, -0.2) is 5.43 Å². The Kier molecular flexibility index (Phi) is 7.05. The monoisotopic (exact) mass is 371 g/mol. The van der Waals surface area contributed by atoms with Crippen LogP contribution in [0, 0.1) is 6.92 Å². The molecule has 1 atom stereocenters. The second-order valence-electron chi connectivity index (χ2n) is 5.92. The van der Waals surface area contributed by atoms with Crippen molar-refractivity contribution in [1.82, 2.24) is 5.43 Å². The molecule has 7 heteroatoms. The van der Waals surface area contributed by atoms with Gasteiger partial charge in [-0.2, -0.15) is 5.10 Å². The SMILES string of the molecule is COc1cc(C=NNC(=O)C(C)Nc2ccc(C)cc2)cc(OC)c1OC. The van der Waals surface area contributed by atoms with Gasteiger partial charge in [-0.1, -0.05) is 17.7 Å². The number of hydrogen-bond acceptors (Lipinski definition) is 6. The average molecular weight is 371 g/mol. The molecule has 0 aliphatic rings. The molecule has 0 fully saturated rings. The Morgan fingerprint density at radius 2 is 1.63 bits per heavy atom. The van der Waals surface area contributed by atoms with E-state index in [0.717, 1.165) is 11.3 Å². The topological polar surface area (TPSA) is 81.2 Å². The molecule has 144 valence electrons. The van der Waals surface area contributed by atoms with Gasteiger partial charge in [-0.15, -0.1) is 0 Å².